The Labute approximate surface area is 164 Å². The zero-order valence-electron chi connectivity index (χ0n) is 17.7. The molecule has 3 heteroatoms. The van der Waals surface area contributed by atoms with Gasteiger partial charge in [-0.15, -0.1) is 0 Å². The summed E-state index contributed by atoms with van der Waals surface area (Å²) in [5.74, 6) is 0.840. The van der Waals surface area contributed by atoms with Crippen LogP contribution in [0.1, 0.15) is 57.3 Å². The maximum Gasteiger partial charge on any atom is 0.121 e. The number of ether oxygens (including phenoxy) is 1. The van der Waals surface area contributed by atoms with Crippen molar-refractivity contribution in [2.45, 2.75) is 67.2 Å². The third-order valence-corrected chi connectivity index (χ3v) is 5.61. The van der Waals surface area contributed by atoms with Crippen molar-refractivity contribution < 1.29 is 14.9 Å². The predicted molar refractivity (Wildman–Crippen MR) is 112 cm³/mol. The van der Waals surface area contributed by atoms with E-state index in [1.165, 1.54) is 22.3 Å². The monoisotopic (exact) mass is 370 g/mol. The molecular weight excluding hydrogens is 336 g/mol. The zero-order chi connectivity index (χ0) is 20.1. The van der Waals surface area contributed by atoms with Crippen LogP contribution in [0.5, 0.6) is 11.5 Å². The largest absolute Gasteiger partial charge is 0.507 e. The summed E-state index contributed by atoms with van der Waals surface area (Å²) >= 11 is 0. The van der Waals surface area contributed by atoms with Crippen LogP contribution in [0.4, 0.5) is 0 Å². The highest BCUT2D eigenvalue weighted by atomic mass is 16.5. The summed E-state index contributed by atoms with van der Waals surface area (Å²) < 4.78 is 5.82. The first-order valence-electron chi connectivity index (χ1n) is 9.89. The maximum absolute atomic E-state index is 10.1. The van der Waals surface area contributed by atoms with E-state index in [9.17, 15) is 10.2 Å². The van der Waals surface area contributed by atoms with Gasteiger partial charge in [-0.2, -0.15) is 0 Å². The van der Waals surface area contributed by atoms with Crippen molar-refractivity contribution in [1.29, 1.82) is 0 Å². The topological polar surface area (TPSA) is 49.7 Å². The van der Waals surface area contributed by atoms with Crippen LogP contribution >= 0.6 is 0 Å². The number of aryl methyl sites for hydroxylation is 4. The Balaban J connectivity index is 1.77. The second-order valence-electron chi connectivity index (χ2n) is 7.74. The van der Waals surface area contributed by atoms with Gasteiger partial charge in [0.05, 0.1) is 0 Å². The van der Waals surface area contributed by atoms with Gasteiger partial charge in [0.1, 0.15) is 11.5 Å². The third-order valence-electron chi connectivity index (χ3n) is 5.61. The number of hydrogen-bond acceptors (Lipinski definition) is 3. The highest BCUT2D eigenvalue weighted by Gasteiger charge is 2.11. The minimum absolute atomic E-state index is 0.420. The summed E-state index contributed by atoms with van der Waals surface area (Å²) in [7, 11) is 0. The fourth-order valence-corrected chi connectivity index (χ4v) is 4.00. The van der Waals surface area contributed by atoms with Crippen LogP contribution in [0.25, 0.3) is 0 Å². The van der Waals surface area contributed by atoms with Crippen LogP contribution in [-0.2, 0) is 17.6 Å². The summed E-state index contributed by atoms with van der Waals surface area (Å²) in [6.07, 6.45) is 3.76. The molecule has 0 spiro atoms. The van der Waals surface area contributed by atoms with Crippen LogP contribution in [0.3, 0.4) is 0 Å². The molecule has 0 atom stereocenters. The van der Waals surface area contributed by atoms with Crippen molar-refractivity contribution in [3.8, 4) is 11.5 Å². The average Bonchev–Trinajstić information content (AvgIpc) is 2.62. The second-order valence-corrected chi connectivity index (χ2v) is 7.74. The Morgan fingerprint density at radius 2 is 1.00 bits per heavy atom. The number of rotatable bonds is 8. The van der Waals surface area contributed by atoms with Crippen LogP contribution in [0, 0.1) is 41.5 Å². The molecule has 0 aromatic heterocycles. The van der Waals surface area contributed by atoms with Crippen molar-refractivity contribution >= 4 is 0 Å². The van der Waals surface area contributed by atoms with Crippen molar-refractivity contribution in [3.63, 3.8) is 0 Å². The molecule has 2 aromatic rings. The quantitative estimate of drug-likeness (QED) is 0.601. The van der Waals surface area contributed by atoms with E-state index in [2.05, 4.69) is 26.0 Å². The fraction of sp³-hybridized carbons (Fsp3) is 0.500. The van der Waals surface area contributed by atoms with E-state index in [4.69, 9.17) is 4.74 Å². The van der Waals surface area contributed by atoms with Crippen LogP contribution in [0.2, 0.25) is 0 Å². The van der Waals surface area contributed by atoms with Crippen molar-refractivity contribution in [2.24, 2.45) is 0 Å². The predicted octanol–water partition coefficient (Wildman–Crippen LogP) is 5.53. The lowest BCUT2D eigenvalue weighted by Crippen LogP contribution is -2.04. The molecular formula is C24H34O3. The van der Waals surface area contributed by atoms with E-state index in [1.807, 2.05) is 27.7 Å². The van der Waals surface area contributed by atoms with E-state index in [-0.39, 0.29) is 0 Å². The number of aromatic hydroxyl groups is 2. The van der Waals surface area contributed by atoms with E-state index >= 15 is 0 Å². The van der Waals surface area contributed by atoms with Crippen molar-refractivity contribution in [1.82, 2.24) is 0 Å². The first-order valence-corrected chi connectivity index (χ1v) is 9.89. The Kier molecular flexibility index (Phi) is 7.32. The van der Waals surface area contributed by atoms with Gasteiger partial charge < -0.3 is 14.9 Å². The summed E-state index contributed by atoms with van der Waals surface area (Å²) in [5.41, 5.74) is 8.85. The zero-order valence-corrected chi connectivity index (χ0v) is 17.7. The molecule has 0 heterocycles. The maximum atomic E-state index is 10.1. The number of hydrogen-bond donors (Lipinski definition) is 2. The Morgan fingerprint density at radius 1 is 0.630 bits per heavy atom. The second kappa shape index (κ2) is 9.27. The summed E-state index contributed by atoms with van der Waals surface area (Å²) in [5, 5.41) is 20.2. The number of benzene rings is 2. The molecule has 2 aromatic carbocycles. The molecule has 3 nitrogen and oxygen atoms in total. The van der Waals surface area contributed by atoms with Crippen molar-refractivity contribution in [3.05, 3.63) is 56.6 Å². The van der Waals surface area contributed by atoms with Gasteiger partial charge in [0.25, 0.3) is 0 Å². The molecule has 2 N–H and O–H groups in total. The molecule has 0 aliphatic rings. The summed E-state index contributed by atoms with van der Waals surface area (Å²) in [4.78, 5) is 0. The molecule has 0 saturated carbocycles. The summed E-state index contributed by atoms with van der Waals surface area (Å²) in [6, 6.07) is 4.11. The minimum Gasteiger partial charge on any atom is -0.507 e. The van der Waals surface area contributed by atoms with Gasteiger partial charge in [0, 0.05) is 13.2 Å². The molecule has 0 saturated heterocycles. The highest BCUT2D eigenvalue weighted by molar-refractivity contribution is 5.49. The fourth-order valence-electron chi connectivity index (χ4n) is 4.00. The van der Waals surface area contributed by atoms with Gasteiger partial charge in [-0.25, -0.2) is 0 Å². The first kappa shape index (κ1) is 21.3. The molecule has 0 aliphatic heterocycles. The Hall–Kier alpha value is -2.00. The molecule has 0 unspecified atom stereocenters. The van der Waals surface area contributed by atoms with Crippen LogP contribution in [-0.4, -0.2) is 23.4 Å². The Morgan fingerprint density at radius 3 is 1.37 bits per heavy atom. The molecule has 0 fully saturated rings. The van der Waals surface area contributed by atoms with Gasteiger partial charge >= 0.3 is 0 Å². The van der Waals surface area contributed by atoms with Gasteiger partial charge in [-0.3, -0.25) is 0 Å². The van der Waals surface area contributed by atoms with E-state index in [0.717, 1.165) is 61.2 Å². The minimum atomic E-state index is 0.420. The molecule has 0 bridgehead atoms. The first-order chi connectivity index (χ1) is 12.7. The lowest BCUT2D eigenvalue weighted by atomic mass is 9.95. The molecule has 148 valence electrons. The van der Waals surface area contributed by atoms with E-state index in [1.54, 1.807) is 0 Å². The standard InChI is InChI=1S/C24H34O3/c1-15-13-17(3)23(25)19(5)21(15)9-7-11-27-12-8-10-22-16(2)14-18(4)24(26)20(22)6/h13-14,25-26H,7-12H2,1-6H3. The van der Waals surface area contributed by atoms with E-state index in [0.29, 0.717) is 11.5 Å². The van der Waals surface area contributed by atoms with Gasteiger partial charge in [0.15, 0.2) is 0 Å². The molecule has 0 aliphatic carbocycles. The molecule has 0 amide bonds. The smallest absolute Gasteiger partial charge is 0.121 e. The highest BCUT2D eigenvalue weighted by Crippen LogP contribution is 2.29. The molecule has 2 rings (SSSR count). The SMILES string of the molecule is Cc1cc(C)c(CCCOCCCc2c(C)cc(C)c(O)c2C)c(C)c1O. The lowest BCUT2D eigenvalue weighted by molar-refractivity contribution is 0.129. The van der Waals surface area contributed by atoms with Crippen LogP contribution in [0.15, 0.2) is 12.1 Å². The Bertz CT molecular complexity index is 739. The number of phenolic OH excluding ortho intramolecular Hbond substituents is 2. The molecule has 27 heavy (non-hydrogen) atoms. The van der Waals surface area contributed by atoms with Gasteiger partial charge in [-0.1, -0.05) is 12.1 Å². The van der Waals surface area contributed by atoms with Gasteiger partial charge in [-0.05, 0) is 112 Å². The lowest BCUT2D eigenvalue weighted by Gasteiger charge is -2.15. The van der Waals surface area contributed by atoms with E-state index < -0.39 is 0 Å². The average molecular weight is 371 g/mol. The number of phenols is 2. The third kappa shape index (κ3) is 5.04. The van der Waals surface area contributed by atoms with Crippen molar-refractivity contribution in [2.75, 3.05) is 13.2 Å². The normalized spacial score (nSPS) is 11.2. The van der Waals surface area contributed by atoms with Crippen LogP contribution < -0.4 is 0 Å². The van der Waals surface area contributed by atoms with Gasteiger partial charge in [0.2, 0.25) is 0 Å². The molecule has 0 radical (unpaired) electrons. The summed E-state index contributed by atoms with van der Waals surface area (Å²) in [6.45, 7) is 13.5.